The average Bonchev–Trinajstić information content (AvgIpc) is 2.52. The van der Waals surface area contributed by atoms with E-state index in [9.17, 15) is 9.59 Å². The Labute approximate surface area is 171 Å². The molecular formula is C21H31BrN2O3. The van der Waals surface area contributed by atoms with Crippen molar-refractivity contribution >= 4 is 27.9 Å². The van der Waals surface area contributed by atoms with E-state index >= 15 is 0 Å². The number of piperazine rings is 1. The smallest absolute Gasteiger partial charge is 0.410 e. The fourth-order valence-electron chi connectivity index (χ4n) is 3.18. The molecule has 1 heterocycles. The summed E-state index contributed by atoms with van der Waals surface area (Å²) in [4.78, 5) is 29.5. The van der Waals surface area contributed by atoms with Gasteiger partial charge in [0.2, 0.25) is 5.91 Å². The summed E-state index contributed by atoms with van der Waals surface area (Å²) < 4.78 is 6.61. The summed E-state index contributed by atoms with van der Waals surface area (Å²) in [6.07, 6.45) is -0.342. The van der Waals surface area contributed by atoms with Crippen molar-refractivity contribution in [2.45, 2.75) is 66.2 Å². The summed E-state index contributed by atoms with van der Waals surface area (Å²) in [5.74, 6) is 0.0981. The molecule has 1 fully saturated rings. The Morgan fingerprint density at radius 3 is 2.04 bits per heavy atom. The summed E-state index contributed by atoms with van der Waals surface area (Å²) in [6.45, 7) is 14.3. The molecule has 150 valence electrons. The topological polar surface area (TPSA) is 49.9 Å². The van der Waals surface area contributed by atoms with Gasteiger partial charge in [0.05, 0.1) is 6.04 Å². The third-order valence-corrected chi connectivity index (χ3v) is 5.05. The standard InChI is InChI=1S/C21H31BrN2O3/c1-14-12-24(19(26)27-21(5,6)7)17(15-8-10-16(22)11-9-15)13-23(14)18(25)20(2,3)4/h8-11,14,17H,12-13H2,1-7H3/t14-,17+/m1/s1. The van der Waals surface area contributed by atoms with Crippen LogP contribution in [-0.2, 0) is 9.53 Å². The minimum absolute atomic E-state index is 0.0732. The van der Waals surface area contributed by atoms with Crippen molar-refractivity contribution in [3.63, 3.8) is 0 Å². The fraction of sp³-hybridized carbons (Fsp3) is 0.619. The lowest BCUT2D eigenvalue weighted by Gasteiger charge is -2.47. The van der Waals surface area contributed by atoms with Gasteiger partial charge in [-0.2, -0.15) is 0 Å². The maximum absolute atomic E-state index is 13.0. The molecule has 6 heteroatoms. The molecule has 0 N–H and O–H groups in total. The zero-order chi connectivity index (χ0) is 20.6. The molecule has 0 saturated carbocycles. The van der Waals surface area contributed by atoms with Crippen molar-refractivity contribution in [3.8, 4) is 0 Å². The first-order valence-electron chi connectivity index (χ1n) is 9.36. The van der Waals surface area contributed by atoms with Gasteiger partial charge in [0.25, 0.3) is 0 Å². The first-order chi connectivity index (χ1) is 12.3. The SMILES string of the molecule is C[C@@H]1CN(C(=O)OC(C)(C)C)[C@H](c2ccc(Br)cc2)CN1C(=O)C(C)(C)C. The quantitative estimate of drug-likeness (QED) is 0.619. The molecule has 0 aliphatic carbocycles. The maximum atomic E-state index is 13.0. The van der Waals surface area contributed by atoms with Crippen LogP contribution in [-0.4, -0.2) is 46.5 Å². The highest BCUT2D eigenvalue weighted by Gasteiger charge is 2.41. The Bertz CT molecular complexity index is 689. The molecular weight excluding hydrogens is 408 g/mol. The lowest BCUT2D eigenvalue weighted by atomic mass is 9.91. The van der Waals surface area contributed by atoms with Gasteiger partial charge in [0.1, 0.15) is 5.60 Å². The second-order valence-electron chi connectivity index (χ2n) is 9.26. The van der Waals surface area contributed by atoms with Crippen LogP contribution in [0.2, 0.25) is 0 Å². The van der Waals surface area contributed by atoms with Crippen LogP contribution in [0.3, 0.4) is 0 Å². The van der Waals surface area contributed by atoms with Crippen molar-refractivity contribution in [2.75, 3.05) is 13.1 Å². The van der Waals surface area contributed by atoms with Crippen molar-refractivity contribution in [2.24, 2.45) is 5.41 Å². The van der Waals surface area contributed by atoms with Gasteiger partial charge in [-0.15, -0.1) is 0 Å². The third-order valence-electron chi connectivity index (χ3n) is 4.52. The lowest BCUT2D eigenvalue weighted by Crippen LogP contribution is -2.59. The summed E-state index contributed by atoms with van der Waals surface area (Å²) in [6, 6.07) is 7.57. The van der Waals surface area contributed by atoms with Crippen molar-refractivity contribution in [3.05, 3.63) is 34.3 Å². The number of carbonyl (C=O) groups excluding carboxylic acids is 2. The second kappa shape index (κ2) is 7.82. The van der Waals surface area contributed by atoms with E-state index in [1.165, 1.54) is 0 Å². The molecule has 0 aromatic heterocycles. The van der Waals surface area contributed by atoms with Crippen LogP contribution in [0.25, 0.3) is 0 Å². The molecule has 1 aliphatic heterocycles. The van der Waals surface area contributed by atoms with Crippen LogP contribution in [0.1, 0.15) is 60.1 Å². The molecule has 5 nitrogen and oxygen atoms in total. The minimum atomic E-state index is -0.567. The fourth-order valence-corrected chi connectivity index (χ4v) is 3.45. The Morgan fingerprint density at radius 1 is 1.00 bits per heavy atom. The third kappa shape index (κ3) is 5.47. The van der Waals surface area contributed by atoms with E-state index in [-0.39, 0.29) is 24.1 Å². The van der Waals surface area contributed by atoms with Crippen molar-refractivity contribution in [1.82, 2.24) is 9.80 Å². The molecule has 1 aromatic rings. The highest BCUT2D eigenvalue weighted by atomic mass is 79.9. The van der Waals surface area contributed by atoms with Gasteiger partial charge >= 0.3 is 6.09 Å². The number of hydrogen-bond acceptors (Lipinski definition) is 3. The maximum Gasteiger partial charge on any atom is 0.410 e. The van der Waals surface area contributed by atoms with E-state index in [4.69, 9.17) is 4.74 Å². The van der Waals surface area contributed by atoms with E-state index in [0.29, 0.717) is 13.1 Å². The molecule has 1 aromatic carbocycles. The number of hydrogen-bond donors (Lipinski definition) is 0. The Hall–Kier alpha value is -1.56. The Kier molecular flexibility index (Phi) is 6.30. The summed E-state index contributed by atoms with van der Waals surface area (Å²) in [5.41, 5.74) is -0.0436. The number of amides is 2. The monoisotopic (exact) mass is 438 g/mol. The zero-order valence-electron chi connectivity index (χ0n) is 17.4. The van der Waals surface area contributed by atoms with Gasteiger partial charge in [-0.1, -0.05) is 48.8 Å². The predicted molar refractivity (Wildman–Crippen MR) is 110 cm³/mol. The zero-order valence-corrected chi connectivity index (χ0v) is 19.0. The normalized spacial score (nSPS) is 21.2. The van der Waals surface area contributed by atoms with Gasteiger partial charge < -0.3 is 9.64 Å². The van der Waals surface area contributed by atoms with Gasteiger partial charge in [-0.25, -0.2) is 4.79 Å². The molecule has 2 rings (SSSR count). The number of carbonyl (C=O) groups is 2. The molecule has 1 aliphatic rings. The minimum Gasteiger partial charge on any atom is -0.444 e. The first-order valence-corrected chi connectivity index (χ1v) is 10.1. The number of ether oxygens (including phenoxy) is 1. The van der Waals surface area contributed by atoms with Crippen LogP contribution in [0.5, 0.6) is 0 Å². The number of benzene rings is 1. The highest BCUT2D eigenvalue weighted by Crippen LogP contribution is 2.32. The summed E-state index contributed by atoms with van der Waals surface area (Å²) >= 11 is 3.45. The van der Waals surface area contributed by atoms with Gasteiger partial charge in [-0.3, -0.25) is 9.69 Å². The van der Waals surface area contributed by atoms with Crippen molar-refractivity contribution < 1.29 is 14.3 Å². The van der Waals surface area contributed by atoms with Crippen LogP contribution < -0.4 is 0 Å². The summed E-state index contributed by atoms with van der Waals surface area (Å²) in [5, 5.41) is 0. The average molecular weight is 439 g/mol. The van der Waals surface area contributed by atoms with Gasteiger partial charge in [0, 0.05) is 29.0 Å². The second-order valence-corrected chi connectivity index (χ2v) is 10.2. The lowest BCUT2D eigenvalue weighted by molar-refractivity contribution is -0.145. The molecule has 27 heavy (non-hydrogen) atoms. The molecule has 2 atom stereocenters. The molecule has 0 unspecified atom stereocenters. The van der Waals surface area contributed by atoms with Crippen LogP contribution in [0.15, 0.2) is 28.7 Å². The molecule has 2 amide bonds. The predicted octanol–water partition coefficient (Wildman–Crippen LogP) is 5.00. The van der Waals surface area contributed by atoms with Crippen LogP contribution in [0.4, 0.5) is 4.79 Å². The molecule has 0 bridgehead atoms. The summed E-state index contributed by atoms with van der Waals surface area (Å²) in [7, 11) is 0. The number of halogens is 1. The van der Waals surface area contributed by atoms with Crippen molar-refractivity contribution in [1.29, 1.82) is 0 Å². The van der Waals surface area contributed by atoms with E-state index in [2.05, 4.69) is 15.9 Å². The van der Waals surface area contributed by atoms with E-state index in [1.54, 1.807) is 4.90 Å². The number of rotatable bonds is 1. The molecule has 0 radical (unpaired) electrons. The van der Waals surface area contributed by atoms with Crippen LogP contribution in [0, 0.1) is 5.41 Å². The van der Waals surface area contributed by atoms with E-state index < -0.39 is 11.0 Å². The number of nitrogens with zero attached hydrogens (tertiary/aromatic N) is 2. The van der Waals surface area contributed by atoms with E-state index in [0.717, 1.165) is 10.0 Å². The molecule has 1 saturated heterocycles. The largest absolute Gasteiger partial charge is 0.444 e. The highest BCUT2D eigenvalue weighted by molar-refractivity contribution is 9.10. The van der Waals surface area contributed by atoms with Crippen LogP contribution >= 0.6 is 15.9 Å². The first kappa shape index (κ1) is 21.7. The Morgan fingerprint density at radius 2 is 1.56 bits per heavy atom. The Balaban J connectivity index is 2.37. The van der Waals surface area contributed by atoms with Gasteiger partial charge in [0.15, 0.2) is 0 Å². The van der Waals surface area contributed by atoms with E-state index in [1.807, 2.05) is 77.6 Å². The van der Waals surface area contributed by atoms with Gasteiger partial charge in [-0.05, 0) is 45.4 Å². The molecule has 0 spiro atoms.